The van der Waals surface area contributed by atoms with E-state index >= 15 is 0 Å². The van der Waals surface area contributed by atoms with Crippen LogP contribution in [0.5, 0.6) is 0 Å². The summed E-state index contributed by atoms with van der Waals surface area (Å²) < 4.78 is 0. The standard InChI is InChI=1S/C11H9Cl2N3/c1-8(7-16-14-4-5-15-16)10-3-2-9(12)6-11(10)13/h2-6H,1,7H2. The first-order valence-corrected chi connectivity index (χ1v) is 5.39. The summed E-state index contributed by atoms with van der Waals surface area (Å²) in [6, 6.07) is 5.32. The summed E-state index contributed by atoms with van der Waals surface area (Å²) in [4.78, 5) is 1.55. The van der Waals surface area contributed by atoms with Crippen molar-refractivity contribution >= 4 is 28.8 Å². The van der Waals surface area contributed by atoms with Gasteiger partial charge in [-0.3, -0.25) is 0 Å². The molecule has 0 saturated heterocycles. The lowest BCUT2D eigenvalue weighted by molar-refractivity contribution is 0.611. The predicted octanol–water partition coefficient (Wildman–Crippen LogP) is 3.30. The first kappa shape index (κ1) is 11.2. The Morgan fingerprint density at radius 3 is 2.56 bits per heavy atom. The van der Waals surface area contributed by atoms with Crippen molar-refractivity contribution in [2.75, 3.05) is 0 Å². The zero-order valence-corrected chi connectivity index (χ0v) is 9.91. The van der Waals surface area contributed by atoms with Gasteiger partial charge < -0.3 is 0 Å². The van der Waals surface area contributed by atoms with E-state index in [1.54, 1.807) is 29.3 Å². The van der Waals surface area contributed by atoms with Crippen molar-refractivity contribution in [1.82, 2.24) is 15.0 Å². The molecule has 1 heterocycles. The summed E-state index contributed by atoms with van der Waals surface area (Å²) in [5, 5.41) is 9.21. The van der Waals surface area contributed by atoms with Gasteiger partial charge in [-0.1, -0.05) is 35.8 Å². The number of benzene rings is 1. The summed E-state index contributed by atoms with van der Waals surface area (Å²) in [5.74, 6) is 0. The lowest BCUT2D eigenvalue weighted by Gasteiger charge is -2.07. The molecule has 82 valence electrons. The maximum atomic E-state index is 6.07. The van der Waals surface area contributed by atoms with Crippen molar-refractivity contribution in [3.8, 4) is 0 Å². The van der Waals surface area contributed by atoms with Crippen LogP contribution >= 0.6 is 23.2 Å². The van der Waals surface area contributed by atoms with Crippen LogP contribution in [0.3, 0.4) is 0 Å². The molecule has 0 radical (unpaired) electrons. The van der Waals surface area contributed by atoms with Gasteiger partial charge in [-0.2, -0.15) is 15.0 Å². The van der Waals surface area contributed by atoms with Gasteiger partial charge >= 0.3 is 0 Å². The third kappa shape index (κ3) is 2.43. The van der Waals surface area contributed by atoms with Crippen molar-refractivity contribution < 1.29 is 0 Å². The van der Waals surface area contributed by atoms with Crippen LogP contribution in [-0.2, 0) is 6.54 Å². The molecule has 5 heteroatoms. The highest BCUT2D eigenvalue weighted by molar-refractivity contribution is 6.35. The Kier molecular flexibility index (Phi) is 3.27. The summed E-state index contributed by atoms with van der Waals surface area (Å²) >= 11 is 11.9. The molecule has 3 nitrogen and oxygen atoms in total. The van der Waals surface area contributed by atoms with Crippen LogP contribution in [0, 0.1) is 0 Å². The van der Waals surface area contributed by atoms with Gasteiger partial charge in [0.15, 0.2) is 0 Å². The highest BCUT2D eigenvalue weighted by Gasteiger charge is 2.06. The Morgan fingerprint density at radius 2 is 1.94 bits per heavy atom. The molecule has 2 rings (SSSR count). The van der Waals surface area contributed by atoms with Crippen LogP contribution in [-0.4, -0.2) is 15.0 Å². The molecule has 2 aromatic rings. The smallest absolute Gasteiger partial charge is 0.0858 e. The Labute approximate surface area is 103 Å². The van der Waals surface area contributed by atoms with Gasteiger partial charge in [0, 0.05) is 10.0 Å². The maximum absolute atomic E-state index is 6.07. The van der Waals surface area contributed by atoms with E-state index in [2.05, 4.69) is 16.8 Å². The fraction of sp³-hybridized carbons (Fsp3) is 0.0909. The second-order valence-electron chi connectivity index (χ2n) is 3.29. The minimum atomic E-state index is 0.508. The molecule has 0 atom stereocenters. The molecular weight excluding hydrogens is 245 g/mol. The van der Waals surface area contributed by atoms with E-state index in [0.717, 1.165) is 11.1 Å². The lowest BCUT2D eigenvalue weighted by atomic mass is 10.1. The summed E-state index contributed by atoms with van der Waals surface area (Å²) in [5.41, 5.74) is 1.71. The van der Waals surface area contributed by atoms with Crippen LogP contribution < -0.4 is 0 Å². The van der Waals surface area contributed by atoms with E-state index in [9.17, 15) is 0 Å². The molecule has 0 aliphatic heterocycles. The average Bonchev–Trinajstić information content (AvgIpc) is 2.70. The van der Waals surface area contributed by atoms with E-state index in [-0.39, 0.29) is 0 Å². The van der Waals surface area contributed by atoms with E-state index in [4.69, 9.17) is 23.2 Å². The minimum Gasteiger partial charge on any atom is -0.180 e. The zero-order valence-electron chi connectivity index (χ0n) is 8.40. The number of hydrogen-bond acceptors (Lipinski definition) is 2. The fourth-order valence-electron chi connectivity index (χ4n) is 1.36. The molecule has 0 bridgehead atoms. The fourth-order valence-corrected chi connectivity index (χ4v) is 1.90. The van der Waals surface area contributed by atoms with E-state index in [0.29, 0.717) is 16.6 Å². The SMILES string of the molecule is C=C(Cn1nccn1)c1ccc(Cl)cc1Cl. The third-order valence-corrected chi connectivity index (χ3v) is 2.66. The van der Waals surface area contributed by atoms with Crippen LogP contribution in [0.1, 0.15) is 5.56 Å². The molecule has 0 N–H and O–H groups in total. The number of rotatable bonds is 3. The van der Waals surface area contributed by atoms with Crippen LogP contribution in [0.2, 0.25) is 10.0 Å². The van der Waals surface area contributed by atoms with Crippen LogP contribution in [0.15, 0.2) is 37.2 Å². The van der Waals surface area contributed by atoms with Gasteiger partial charge in [-0.15, -0.1) is 0 Å². The quantitative estimate of drug-likeness (QED) is 0.841. The number of aromatic nitrogens is 3. The average molecular weight is 254 g/mol. The van der Waals surface area contributed by atoms with Crippen molar-refractivity contribution in [1.29, 1.82) is 0 Å². The Balaban J connectivity index is 2.21. The van der Waals surface area contributed by atoms with E-state index in [1.165, 1.54) is 0 Å². The van der Waals surface area contributed by atoms with Gasteiger partial charge in [0.25, 0.3) is 0 Å². The number of nitrogens with zero attached hydrogens (tertiary/aromatic N) is 3. The lowest BCUT2D eigenvalue weighted by Crippen LogP contribution is -2.03. The summed E-state index contributed by atoms with van der Waals surface area (Å²) in [6.07, 6.45) is 3.24. The second kappa shape index (κ2) is 4.68. The number of allylic oxidation sites excluding steroid dienone is 1. The first-order chi connectivity index (χ1) is 7.66. The zero-order chi connectivity index (χ0) is 11.5. The highest BCUT2D eigenvalue weighted by atomic mass is 35.5. The molecule has 0 unspecified atom stereocenters. The molecule has 0 aliphatic rings. The molecular formula is C11H9Cl2N3. The number of halogens is 2. The molecule has 0 spiro atoms. The van der Waals surface area contributed by atoms with Gasteiger partial charge in [-0.25, -0.2) is 0 Å². The highest BCUT2D eigenvalue weighted by Crippen LogP contribution is 2.26. The van der Waals surface area contributed by atoms with Gasteiger partial charge in [-0.05, 0) is 23.3 Å². The second-order valence-corrected chi connectivity index (χ2v) is 4.13. The predicted molar refractivity (Wildman–Crippen MR) is 65.5 cm³/mol. The van der Waals surface area contributed by atoms with Gasteiger partial charge in [0.05, 0.1) is 18.9 Å². The Morgan fingerprint density at radius 1 is 1.25 bits per heavy atom. The third-order valence-electron chi connectivity index (χ3n) is 2.11. The molecule has 0 fully saturated rings. The minimum absolute atomic E-state index is 0.508. The molecule has 1 aromatic carbocycles. The molecule has 0 amide bonds. The van der Waals surface area contributed by atoms with Crippen LogP contribution in [0.25, 0.3) is 5.57 Å². The summed E-state index contributed by atoms with van der Waals surface area (Å²) in [6.45, 7) is 4.47. The number of hydrogen-bond donors (Lipinski definition) is 0. The maximum Gasteiger partial charge on any atom is 0.0858 e. The van der Waals surface area contributed by atoms with Crippen molar-refractivity contribution in [2.45, 2.75) is 6.54 Å². The van der Waals surface area contributed by atoms with Gasteiger partial charge in [0.2, 0.25) is 0 Å². The largest absolute Gasteiger partial charge is 0.180 e. The topological polar surface area (TPSA) is 30.7 Å². The van der Waals surface area contributed by atoms with E-state index < -0.39 is 0 Å². The first-order valence-electron chi connectivity index (χ1n) is 4.64. The van der Waals surface area contributed by atoms with E-state index in [1.807, 2.05) is 6.07 Å². The monoisotopic (exact) mass is 253 g/mol. The molecule has 16 heavy (non-hydrogen) atoms. The van der Waals surface area contributed by atoms with Crippen molar-refractivity contribution in [3.63, 3.8) is 0 Å². The molecule has 1 aromatic heterocycles. The Bertz CT molecular complexity index is 506. The molecule has 0 saturated carbocycles. The Hall–Kier alpha value is -1.32. The van der Waals surface area contributed by atoms with Crippen molar-refractivity contribution in [2.24, 2.45) is 0 Å². The molecule has 0 aliphatic carbocycles. The van der Waals surface area contributed by atoms with Gasteiger partial charge in [0.1, 0.15) is 0 Å². The normalized spacial score (nSPS) is 10.4. The van der Waals surface area contributed by atoms with Crippen molar-refractivity contribution in [3.05, 3.63) is 52.8 Å². The summed E-state index contributed by atoms with van der Waals surface area (Å²) in [7, 11) is 0. The van der Waals surface area contributed by atoms with Crippen LogP contribution in [0.4, 0.5) is 0 Å².